The Morgan fingerprint density at radius 1 is 1.38 bits per heavy atom. The summed E-state index contributed by atoms with van der Waals surface area (Å²) in [7, 11) is 1.53. The highest BCUT2D eigenvalue weighted by atomic mass is 32.1. The highest BCUT2D eigenvalue weighted by Gasteiger charge is 2.35. The topological polar surface area (TPSA) is 133 Å². The number of nitrogens with one attached hydrogen (secondary N) is 1. The van der Waals surface area contributed by atoms with Gasteiger partial charge in [0.2, 0.25) is 5.69 Å². The maximum atomic E-state index is 12.8. The number of aromatic nitrogens is 2. The minimum absolute atomic E-state index is 0.129. The molecule has 0 bridgehead atoms. The predicted molar refractivity (Wildman–Crippen MR) is 110 cm³/mol. The van der Waals surface area contributed by atoms with Crippen molar-refractivity contribution in [3.05, 3.63) is 37.5 Å². The number of nitro groups is 1. The van der Waals surface area contributed by atoms with E-state index in [9.17, 15) is 19.7 Å². The van der Waals surface area contributed by atoms with E-state index >= 15 is 0 Å². The van der Waals surface area contributed by atoms with E-state index in [1.165, 1.54) is 30.0 Å². The smallest absolute Gasteiger partial charge is 0.322 e. The number of hydrogen-bond donors (Lipinski definition) is 2. The van der Waals surface area contributed by atoms with E-state index in [2.05, 4.69) is 31.2 Å². The average Bonchev–Trinajstić information content (AvgIpc) is 3.10. The van der Waals surface area contributed by atoms with Crippen LogP contribution in [0, 0.1) is 28.4 Å². The minimum Gasteiger partial charge on any atom is -0.365 e. The van der Waals surface area contributed by atoms with Gasteiger partial charge in [0.05, 0.1) is 10.5 Å². The van der Waals surface area contributed by atoms with Crippen LogP contribution in [0.2, 0.25) is 0 Å². The second-order valence-corrected chi connectivity index (χ2v) is 9.60. The van der Waals surface area contributed by atoms with Gasteiger partial charge in [0, 0.05) is 11.9 Å². The lowest BCUT2D eigenvalue weighted by Gasteiger charge is -2.33. The molecular formula is C19H25N5O4S. The zero-order valence-electron chi connectivity index (χ0n) is 17.2. The number of anilines is 1. The van der Waals surface area contributed by atoms with Crippen LogP contribution in [0.5, 0.6) is 0 Å². The normalized spacial score (nSPS) is 16.4. The number of fused-ring (bicyclic) bond motifs is 1. The quantitative estimate of drug-likeness (QED) is 0.580. The molecule has 29 heavy (non-hydrogen) atoms. The fraction of sp³-hybridized carbons (Fsp3) is 0.526. The number of thiophene rings is 1. The van der Waals surface area contributed by atoms with Crippen LogP contribution in [-0.4, -0.2) is 26.5 Å². The van der Waals surface area contributed by atoms with Gasteiger partial charge in [0.1, 0.15) is 10.7 Å². The van der Waals surface area contributed by atoms with E-state index in [-0.39, 0.29) is 22.5 Å². The number of nitrogens with two attached hydrogens (primary N) is 1. The van der Waals surface area contributed by atoms with E-state index in [0.717, 1.165) is 23.3 Å². The van der Waals surface area contributed by atoms with Gasteiger partial charge in [-0.15, -0.1) is 11.3 Å². The van der Waals surface area contributed by atoms with Gasteiger partial charge >= 0.3 is 5.69 Å². The van der Waals surface area contributed by atoms with Crippen LogP contribution >= 0.6 is 11.3 Å². The van der Waals surface area contributed by atoms with Crippen LogP contribution < -0.4 is 11.1 Å². The second kappa shape index (κ2) is 7.25. The van der Waals surface area contributed by atoms with Crippen LogP contribution in [-0.2, 0) is 19.9 Å². The number of amides is 2. The first kappa shape index (κ1) is 21.0. The molecule has 9 nitrogen and oxygen atoms in total. The Labute approximate surface area is 172 Å². The Bertz CT molecular complexity index is 1010. The zero-order valence-corrected chi connectivity index (χ0v) is 18.0. The highest BCUT2D eigenvalue weighted by Crippen LogP contribution is 2.44. The summed E-state index contributed by atoms with van der Waals surface area (Å²) in [5.41, 5.74) is 6.56. The summed E-state index contributed by atoms with van der Waals surface area (Å²) < 4.78 is 1.29. The fourth-order valence-electron chi connectivity index (χ4n) is 3.80. The SMILES string of the molecule is Cc1c([N+](=O)[O-])c(C(=O)Nc2sc3c(c2C(N)=O)CC[C@@H](C(C)(C)C)C3)nn1C. The lowest BCUT2D eigenvalue weighted by molar-refractivity contribution is -0.385. The Hall–Kier alpha value is -2.75. The van der Waals surface area contributed by atoms with Gasteiger partial charge in [-0.3, -0.25) is 24.4 Å². The molecule has 2 amide bonds. The molecule has 1 aliphatic rings. The molecule has 0 aliphatic heterocycles. The van der Waals surface area contributed by atoms with Crippen molar-refractivity contribution in [1.82, 2.24) is 9.78 Å². The largest absolute Gasteiger partial charge is 0.365 e. The molecule has 0 saturated carbocycles. The van der Waals surface area contributed by atoms with Crippen molar-refractivity contribution in [2.24, 2.45) is 24.1 Å². The third kappa shape index (κ3) is 3.76. The highest BCUT2D eigenvalue weighted by molar-refractivity contribution is 7.17. The van der Waals surface area contributed by atoms with Crippen LogP contribution in [0.15, 0.2) is 0 Å². The Morgan fingerprint density at radius 2 is 2.03 bits per heavy atom. The number of carbonyl (C=O) groups excluding carboxylic acids is 2. The van der Waals surface area contributed by atoms with Crippen molar-refractivity contribution in [2.75, 3.05) is 5.32 Å². The number of aryl methyl sites for hydroxylation is 1. The molecule has 3 N–H and O–H groups in total. The number of rotatable bonds is 4. The summed E-state index contributed by atoms with van der Waals surface area (Å²) in [6, 6.07) is 0. The van der Waals surface area contributed by atoms with Gasteiger partial charge in [-0.05, 0) is 43.1 Å². The summed E-state index contributed by atoms with van der Waals surface area (Å²) in [4.78, 5) is 36.7. The first-order valence-electron chi connectivity index (χ1n) is 9.35. The number of carbonyl (C=O) groups is 2. The standard InChI is InChI=1S/C19H25N5O4S/c1-9-15(24(27)28)14(22-23(9)5)17(26)21-18-13(16(20)25)11-7-6-10(19(2,3)4)8-12(11)29-18/h10H,6-8H2,1-5H3,(H2,20,25)(H,21,26)/t10-/m1/s1. The summed E-state index contributed by atoms with van der Waals surface area (Å²) in [6.07, 6.45) is 2.46. The minimum atomic E-state index is -0.728. The molecule has 0 fully saturated rings. The van der Waals surface area contributed by atoms with E-state index in [0.29, 0.717) is 22.9 Å². The Morgan fingerprint density at radius 3 is 2.59 bits per heavy atom. The third-order valence-corrected chi connectivity index (χ3v) is 6.83. The molecule has 1 atom stereocenters. The van der Waals surface area contributed by atoms with Gasteiger partial charge in [0.25, 0.3) is 11.8 Å². The zero-order chi connectivity index (χ0) is 21.7. The molecule has 0 saturated heterocycles. The molecule has 0 spiro atoms. The number of nitrogens with zero attached hydrogens (tertiary/aromatic N) is 3. The molecule has 10 heteroatoms. The van der Waals surface area contributed by atoms with Gasteiger partial charge in [-0.1, -0.05) is 20.8 Å². The van der Waals surface area contributed by atoms with E-state index in [1.807, 2.05) is 0 Å². The maximum Gasteiger partial charge on any atom is 0.322 e. The summed E-state index contributed by atoms with van der Waals surface area (Å²) in [5.74, 6) is -0.884. The summed E-state index contributed by atoms with van der Waals surface area (Å²) in [5, 5.41) is 18.3. The lowest BCUT2D eigenvalue weighted by Crippen LogP contribution is -2.27. The molecule has 2 aromatic heterocycles. The summed E-state index contributed by atoms with van der Waals surface area (Å²) in [6.45, 7) is 8.09. The van der Waals surface area contributed by atoms with Gasteiger partial charge in [0.15, 0.2) is 0 Å². The molecule has 0 unspecified atom stereocenters. The monoisotopic (exact) mass is 419 g/mol. The van der Waals surface area contributed by atoms with Gasteiger partial charge < -0.3 is 11.1 Å². The number of hydrogen-bond acceptors (Lipinski definition) is 6. The maximum absolute atomic E-state index is 12.8. The first-order valence-corrected chi connectivity index (χ1v) is 10.2. The second-order valence-electron chi connectivity index (χ2n) is 8.50. The first-order chi connectivity index (χ1) is 13.4. The van der Waals surface area contributed by atoms with Crippen molar-refractivity contribution in [3.8, 4) is 0 Å². The Balaban J connectivity index is 1.98. The van der Waals surface area contributed by atoms with E-state index in [1.54, 1.807) is 0 Å². The van der Waals surface area contributed by atoms with Crippen molar-refractivity contribution in [3.63, 3.8) is 0 Å². The third-order valence-electron chi connectivity index (χ3n) is 5.66. The van der Waals surface area contributed by atoms with Crippen LogP contribution in [0.3, 0.4) is 0 Å². The molecule has 156 valence electrons. The molecular weight excluding hydrogens is 394 g/mol. The predicted octanol–water partition coefficient (Wildman–Crippen LogP) is 3.20. The van der Waals surface area contributed by atoms with Crippen molar-refractivity contribution >= 4 is 33.8 Å². The Kier molecular flexibility index (Phi) is 5.24. The molecule has 2 aromatic rings. The molecule has 1 aliphatic carbocycles. The van der Waals surface area contributed by atoms with Crippen molar-refractivity contribution < 1.29 is 14.5 Å². The van der Waals surface area contributed by atoms with Crippen molar-refractivity contribution in [1.29, 1.82) is 0 Å². The molecule has 0 aromatic carbocycles. The van der Waals surface area contributed by atoms with Crippen LogP contribution in [0.4, 0.5) is 10.7 Å². The van der Waals surface area contributed by atoms with Crippen LogP contribution in [0.25, 0.3) is 0 Å². The van der Waals surface area contributed by atoms with Crippen molar-refractivity contribution in [2.45, 2.75) is 47.0 Å². The lowest BCUT2D eigenvalue weighted by atomic mass is 9.72. The van der Waals surface area contributed by atoms with Gasteiger partial charge in [-0.2, -0.15) is 5.10 Å². The van der Waals surface area contributed by atoms with Gasteiger partial charge in [-0.25, -0.2) is 0 Å². The molecule has 2 heterocycles. The van der Waals surface area contributed by atoms with E-state index < -0.39 is 16.7 Å². The molecule has 0 radical (unpaired) electrons. The number of primary amides is 1. The van der Waals surface area contributed by atoms with Crippen LogP contribution in [0.1, 0.15) is 64.2 Å². The fourth-order valence-corrected chi connectivity index (χ4v) is 5.13. The molecule has 3 rings (SSSR count). The van der Waals surface area contributed by atoms with E-state index in [4.69, 9.17) is 5.73 Å². The average molecular weight is 420 g/mol. The summed E-state index contributed by atoms with van der Waals surface area (Å²) >= 11 is 1.32.